The van der Waals surface area contributed by atoms with E-state index in [9.17, 15) is 9.59 Å². The molecule has 0 saturated carbocycles. The van der Waals surface area contributed by atoms with Crippen LogP contribution in [-0.2, 0) is 4.79 Å². The van der Waals surface area contributed by atoms with Gasteiger partial charge in [-0.05, 0) is 43.7 Å². The summed E-state index contributed by atoms with van der Waals surface area (Å²) in [6.07, 6.45) is 0. The van der Waals surface area contributed by atoms with Crippen molar-refractivity contribution in [2.45, 2.75) is 25.9 Å². The molecule has 3 rings (SSSR count). The van der Waals surface area contributed by atoms with Crippen LogP contribution >= 0.6 is 23.2 Å². The van der Waals surface area contributed by atoms with Gasteiger partial charge in [0.15, 0.2) is 5.58 Å². The second-order valence-corrected chi connectivity index (χ2v) is 6.62. The molecule has 1 aromatic heterocycles. The van der Waals surface area contributed by atoms with Gasteiger partial charge in [-0.15, -0.1) is 0 Å². The average molecular weight is 379 g/mol. The van der Waals surface area contributed by atoms with Gasteiger partial charge in [0.25, 0.3) is 0 Å². The first kappa shape index (κ1) is 17.6. The third-order valence-electron chi connectivity index (χ3n) is 4.07. The zero-order valence-corrected chi connectivity index (χ0v) is 15.1. The Labute approximate surface area is 154 Å². The van der Waals surface area contributed by atoms with Gasteiger partial charge in [-0.3, -0.25) is 9.36 Å². The van der Waals surface area contributed by atoms with Gasteiger partial charge in [0.05, 0.1) is 11.6 Å². The third kappa shape index (κ3) is 3.43. The van der Waals surface area contributed by atoms with Crippen LogP contribution in [0.5, 0.6) is 0 Å². The molecule has 1 N–H and O–H groups in total. The molecule has 0 aliphatic rings. The fraction of sp³-hybridized carbons (Fsp3) is 0.222. The number of hydrogen-bond acceptors (Lipinski definition) is 3. The summed E-state index contributed by atoms with van der Waals surface area (Å²) < 4.78 is 6.52. The highest BCUT2D eigenvalue weighted by atomic mass is 35.5. The molecule has 0 bridgehead atoms. The number of nitrogens with one attached hydrogen (secondary N) is 1. The molecule has 0 aliphatic carbocycles. The molecule has 0 fully saturated rings. The molecule has 1 amide bonds. The highest BCUT2D eigenvalue weighted by molar-refractivity contribution is 6.35. The Bertz CT molecular complexity index is 993. The number of amides is 1. The fourth-order valence-corrected chi connectivity index (χ4v) is 3.30. The Hall–Kier alpha value is -2.24. The second kappa shape index (κ2) is 6.94. The van der Waals surface area contributed by atoms with Crippen LogP contribution in [0.15, 0.2) is 51.7 Å². The van der Waals surface area contributed by atoms with Crippen LogP contribution in [0, 0.1) is 0 Å². The van der Waals surface area contributed by atoms with Gasteiger partial charge in [0.2, 0.25) is 5.91 Å². The SMILES string of the molecule is C[C@H](NC(=O)[C@H](C)n1c(=O)oc2ccccc21)c1ccc(Cl)cc1Cl. The summed E-state index contributed by atoms with van der Waals surface area (Å²) in [5.41, 5.74) is 1.77. The molecule has 2 aromatic carbocycles. The number of carbonyl (C=O) groups is 1. The maximum absolute atomic E-state index is 12.6. The van der Waals surface area contributed by atoms with Gasteiger partial charge >= 0.3 is 5.76 Å². The topological polar surface area (TPSA) is 64.2 Å². The lowest BCUT2D eigenvalue weighted by atomic mass is 10.1. The molecule has 5 nitrogen and oxygen atoms in total. The van der Waals surface area contributed by atoms with E-state index in [1.54, 1.807) is 49.4 Å². The Morgan fingerprint density at radius 3 is 2.60 bits per heavy atom. The van der Waals surface area contributed by atoms with Crippen molar-refractivity contribution in [2.75, 3.05) is 0 Å². The van der Waals surface area contributed by atoms with E-state index in [2.05, 4.69) is 5.32 Å². The number of nitrogens with zero attached hydrogens (tertiary/aromatic N) is 1. The maximum atomic E-state index is 12.6. The predicted octanol–water partition coefficient (Wildman–Crippen LogP) is 4.34. The Balaban J connectivity index is 1.85. The normalized spacial score (nSPS) is 13.6. The summed E-state index contributed by atoms with van der Waals surface area (Å²) in [6, 6.07) is 11.0. The zero-order chi connectivity index (χ0) is 18.1. The molecule has 0 spiro atoms. The van der Waals surface area contributed by atoms with Crippen molar-refractivity contribution in [2.24, 2.45) is 0 Å². The fourth-order valence-electron chi connectivity index (χ4n) is 2.73. The van der Waals surface area contributed by atoms with Crippen LogP contribution in [0.1, 0.15) is 31.5 Å². The quantitative estimate of drug-likeness (QED) is 0.734. The van der Waals surface area contributed by atoms with E-state index >= 15 is 0 Å². The van der Waals surface area contributed by atoms with Gasteiger partial charge in [0, 0.05) is 10.0 Å². The molecule has 0 saturated heterocycles. The molecule has 0 unspecified atom stereocenters. The van der Waals surface area contributed by atoms with Crippen LogP contribution in [-0.4, -0.2) is 10.5 Å². The monoisotopic (exact) mass is 378 g/mol. The summed E-state index contributed by atoms with van der Waals surface area (Å²) in [6.45, 7) is 3.46. The van der Waals surface area contributed by atoms with E-state index in [4.69, 9.17) is 27.6 Å². The molecule has 1 heterocycles. The van der Waals surface area contributed by atoms with Crippen molar-refractivity contribution in [3.63, 3.8) is 0 Å². The second-order valence-electron chi connectivity index (χ2n) is 5.78. The van der Waals surface area contributed by atoms with Crippen molar-refractivity contribution < 1.29 is 9.21 Å². The Morgan fingerprint density at radius 2 is 1.88 bits per heavy atom. The van der Waals surface area contributed by atoms with Gasteiger partial charge < -0.3 is 9.73 Å². The highest BCUT2D eigenvalue weighted by Crippen LogP contribution is 2.26. The standard InChI is InChI=1S/C18H16Cl2N2O3/c1-10(13-8-7-12(19)9-14(13)20)21-17(23)11(2)22-15-5-3-4-6-16(15)25-18(22)24/h3-11H,1-2H3,(H,21,23)/t10-,11-/m0/s1. The lowest BCUT2D eigenvalue weighted by Crippen LogP contribution is -2.35. The van der Waals surface area contributed by atoms with Crippen LogP contribution < -0.4 is 11.1 Å². The lowest BCUT2D eigenvalue weighted by molar-refractivity contribution is -0.124. The predicted molar refractivity (Wildman–Crippen MR) is 98.2 cm³/mol. The smallest absolute Gasteiger partial charge is 0.408 e. The molecule has 0 radical (unpaired) electrons. The first-order valence-electron chi connectivity index (χ1n) is 7.74. The van der Waals surface area contributed by atoms with E-state index < -0.39 is 11.8 Å². The number of para-hydroxylation sites is 2. The van der Waals surface area contributed by atoms with Crippen LogP contribution in [0.3, 0.4) is 0 Å². The number of oxazole rings is 1. The average Bonchev–Trinajstić information content (AvgIpc) is 2.89. The van der Waals surface area contributed by atoms with Gasteiger partial charge in [-0.2, -0.15) is 0 Å². The first-order valence-corrected chi connectivity index (χ1v) is 8.49. The van der Waals surface area contributed by atoms with Crippen LogP contribution in [0.4, 0.5) is 0 Å². The van der Waals surface area contributed by atoms with Crippen molar-refractivity contribution in [3.8, 4) is 0 Å². The van der Waals surface area contributed by atoms with Crippen molar-refractivity contribution in [1.82, 2.24) is 9.88 Å². The van der Waals surface area contributed by atoms with Gasteiger partial charge in [-0.1, -0.05) is 41.4 Å². The molecular formula is C18H16Cl2N2O3. The molecule has 3 aromatic rings. The number of rotatable bonds is 4. The van der Waals surface area contributed by atoms with E-state index in [1.165, 1.54) is 4.57 Å². The summed E-state index contributed by atoms with van der Waals surface area (Å²) in [7, 11) is 0. The number of carbonyl (C=O) groups excluding carboxylic acids is 1. The third-order valence-corrected chi connectivity index (χ3v) is 4.64. The first-order chi connectivity index (χ1) is 11.9. The van der Waals surface area contributed by atoms with Gasteiger partial charge in [-0.25, -0.2) is 4.79 Å². The molecule has 7 heteroatoms. The molecule has 130 valence electrons. The minimum atomic E-state index is -0.732. The highest BCUT2D eigenvalue weighted by Gasteiger charge is 2.23. The summed E-state index contributed by atoms with van der Waals surface area (Å²) >= 11 is 12.1. The minimum Gasteiger partial charge on any atom is -0.408 e. The molecule has 25 heavy (non-hydrogen) atoms. The Kier molecular flexibility index (Phi) is 4.88. The largest absolute Gasteiger partial charge is 0.420 e. The van der Waals surface area contributed by atoms with Gasteiger partial charge in [0.1, 0.15) is 6.04 Å². The maximum Gasteiger partial charge on any atom is 0.420 e. The Morgan fingerprint density at radius 1 is 1.16 bits per heavy atom. The molecular weight excluding hydrogens is 363 g/mol. The molecule has 0 aliphatic heterocycles. The van der Waals surface area contributed by atoms with Crippen molar-refractivity contribution >= 4 is 40.2 Å². The number of fused-ring (bicyclic) bond motifs is 1. The summed E-state index contributed by atoms with van der Waals surface area (Å²) in [5.74, 6) is -0.881. The van der Waals surface area contributed by atoms with E-state index in [0.717, 1.165) is 5.56 Å². The number of halogens is 2. The van der Waals surface area contributed by atoms with E-state index in [-0.39, 0.29) is 11.9 Å². The van der Waals surface area contributed by atoms with Crippen LogP contribution in [0.25, 0.3) is 11.1 Å². The lowest BCUT2D eigenvalue weighted by Gasteiger charge is -2.19. The van der Waals surface area contributed by atoms with Crippen molar-refractivity contribution in [3.05, 3.63) is 68.6 Å². The summed E-state index contributed by atoms with van der Waals surface area (Å²) in [4.78, 5) is 24.7. The minimum absolute atomic E-state index is 0.313. The van der Waals surface area contributed by atoms with E-state index in [0.29, 0.717) is 21.1 Å². The number of hydrogen-bond donors (Lipinski definition) is 1. The summed E-state index contributed by atoms with van der Waals surface area (Å²) in [5, 5.41) is 3.86. The van der Waals surface area contributed by atoms with Crippen molar-refractivity contribution in [1.29, 1.82) is 0 Å². The number of aromatic nitrogens is 1. The van der Waals surface area contributed by atoms with Crippen LogP contribution in [0.2, 0.25) is 10.0 Å². The number of benzene rings is 2. The zero-order valence-electron chi connectivity index (χ0n) is 13.6. The van der Waals surface area contributed by atoms with E-state index in [1.807, 2.05) is 6.92 Å². The molecule has 2 atom stereocenters.